The number of rotatable bonds is 5. The lowest BCUT2D eigenvalue weighted by molar-refractivity contribution is -0.137. The molecule has 13 heteroatoms. The van der Waals surface area contributed by atoms with Crippen molar-refractivity contribution in [2.24, 2.45) is 0 Å². The van der Waals surface area contributed by atoms with Gasteiger partial charge < -0.3 is 14.4 Å². The first kappa shape index (κ1) is 28.5. The molecule has 1 amide bonds. The number of halogens is 3. The summed E-state index contributed by atoms with van der Waals surface area (Å²) in [4.78, 5) is 26.3. The van der Waals surface area contributed by atoms with Crippen molar-refractivity contribution >= 4 is 26.8 Å². The first-order chi connectivity index (χ1) is 18.8. The second-order valence-corrected chi connectivity index (χ2v) is 12.7. The van der Waals surface area contributed by atoms with Gasteiger partial charge in [0.1, 0.15) is 17.8 Å². The number of hydrogen-bond donors (Lipinski definition) is 0. The molecule has 0 radical (unpaired) electrons. The van der Waals surface area contributed by atoms with E-state index in [0.29, 0.717) is 41.4 Å². The molecule has 3 aromatic rings. The van der Waals surface area contributed by atoms with Gasteiger partial charge in [-0.15, -0.1) is 0 Å². The molecule has 1 aromatic carbocycles. The van der Waals surface area contributed by atoms with Crippen LogP contribution in [0.25, 0.3) is 16.7 Å². The SMILES string of the molecule is Cc1c(C(=O)N2CCC(N3CCC(N(C)S(C)(=O)=O)CC3)CC2)ncnc1-n1ccc2cc(C(F)(F)F)ccc21. The number of alkyl halides is 3. The maximum atomic E-state index is 13.5. The average molecular weight is 579 g/mol. The van der Waals surface area contributed by atoms with Crippen LogP contribution in [0.5, 0.6) is 0 Å². The maximum absolute atomic E-state index is 13.5. The molecule has 0 aliphatic carbocycles. The van der Waals surface area contributed by atoms with E-state index in [1.165, 1.54) is 23.0 Å². The molecule has 0 bridgehead atoms. The van der Waals surface area contributed by atoms with Crippen molar-refractivity contribution in [2.45, 2.75) is 50.9 Å². The Labute approximate surface area is 231 Å². The van der Waals surface area contributed by atoms with Gasteiger partial charge in [0, 0.05) is 49.4 Å². The van der Waals surface area contributed by atoms with E-state index in [1.54, 1.807) is 35.7 Å². The lowest BCUT2D eigenvalue weighted by atomic mass is 9.97. The van der Waals surface area contributed by atoms with Gasteiger partial charge in [-0.05, 0) is 70.0 Å². The van der Waals surface area contributed by atoms with Crippen LogP contribution in [0, 0.1) is 6.92 Å². The Morgan fingerprint density at radius 1 is 1.02 bits per heavy atom. The fourth-order valence-corrected chi connectivity index (χ4v) is 6.62. The predicted molar refractivity (Wildman–Crippen MR) is 145 cm³/mol. The topological polar surface area (TPSA) is 91.6 Å². The predicted octanol–water partition coefficient (Wildman–Crippen LogP) is 3.71. The summed E-state index contributed by atoms with van der Waals surface area (Å²) in [5, 5.41) is 0.426. The molecule has 0 unspecified atom stereocenters. The molecule has 2 aliphatic heterocycles. The van der Waals surface area contributed by atoms with E-state index in [9.17, 15) is 26.4 Å². The van der Waals surface area contributed by atoms with Crippen LogP contribution in [0.2, 0.25) is 0 Å². The van der Waals surface area contributed by atoms with E-state index in [0.717, 1.165) is 50.9 Å². The zero-order chi connectivity index (χ0) is 28.8. The molecule has 0 spiro atoms. The number of amides is 1. The van der Waals surface area contributed by atoms with Crippen molar-refractivity contribution in [3.63, 3.8) is 0 Å². The third-order valence-electron chi connectivity index (χ3n) is 8.31. The van der Waals surface area contributed by atoms with Crippen molar-refractivity contribution in [2.75, 3.05) is 39.5 Å². The number of carbonyl (C=O) groups is 1. The van der Waals surface area contributed by atoms with Crippen LogP contribution in [0.4, 0.5) is 13.2 Å². The third kappa shape index (κ3) is 5.59. The molecule has 0 N–H and O–H groups in total. The Morgan fingerprint density at radius 2 is 1.70 bits per heavy atom. The molecule has 40 heavy (non-hydrogen) atoms. The molecule has 5 rings (SSSR count). The monoisotopic (exact) mass is 578 g/mol. The molecule has 4 heterocycles. The standard InChI is InChI=1S/C27H33F3N6O3S/c1-18-24(31-17-32-25(18)36-15-6-19-16-20(27(28,29)30)4-5-23(19)36)26(37)35-13-9-22(10-14-35)34-11-7-21(8-12-34)33(2)40(3,38)39/h4-6,15-17,21-22H,7-14H2,1-3H3. The summed E-state index contributed by atoms with van der Waals surface area (Å²) in [5.41, 5.74) is 0.675. The van der Waals surface area contributed by atoms with Gasteiger partial charge in [-0.25, -0.2) is 22.7 Å². The fourth-order valence-electron chi connectivity index (χ4n) is 5.87. The summed E-state index contributed by atoms with van der Waals surface area (Å²) in [6, 6.07) is 5.51. The number of carbonyl (C=O) groups excluding carboxylic acids is 1. The number of aromatic nitrogens is 3. The Morgan fingerprint density at radius 3 is 2.33 bits per heavy atom. The number of likely N-dealkylation sites (tertiary alicyclic amines) is 2. The van der Waals surface area contributed by atoms with Crippen LogP contribution in [0.15, 0.2) is 36.8 Å². The first-order valence-corrected chi connectivity index (χ1v) is 15.2. The Hall–Kier alpha value is -3.03. The zero-order valence-corrected chi connectivity index (χ0v) is 23.5. The summed E-state index contributed by atoms with van der Waals surface area (Å²) in [6.07, 6.45) is 2.99. The Bertz CT molecular complexity index is 1510. The maximum Gasteiger partial charge on any atom is 0.416 e. The van der Waals surface area contributed by atoms with Crippen LogP contribution < -0.4 is 0 Å². The highest BCUT2D eigenvalue weighted by Gasteiger charge is 2.34. The van der Waals surface area contributed by atoms with Crippen LogP contribution in [-0.2, 0) is 16.2 Å². The van der Waals surface area contributed by atoms with Gasteiger partial charge in [-0.2, -0.15) is 13.2 Å². The van der Waals surface area contributed by atoms with Crippen LogP contribution >= 0.6 is 0 Å². The zero-order valence-electron chi connectivity index (χ0n) is 22.7. The molecule has 0 saturated carbocycles. The smallest absolute Gasteiger partial charge is 0.337 e. The number of benzene rings is 1. The average Bonchev–Trinajstić information content (AvgIpc) is 3.35. The van der Waals surface area contributed by atoms with Crippen molar-refractivity contribution in [1.29, 1.82) is 0 Å². The van der Waals surface area contributed by atoms with Crippen molar-refractivity contribution in [3.05, 3.63) is 53.6 Å². The van der Waals surface area contributed by atoms with Gasteiger partial charge in [0.25, 0.3) is 5.91 Å². The normalized spacial score (nSPS) is 18.6. The second kappa shape index (κ2) is 10.7. The molecule has 2 saturated heterocycles. The van der Waals surface area contributed by atoms with E-state index in [4.69, 9.17) is 0 Å². The molecular formula is C27H33F3N6O3S. The fraction of sp³-hybridized carbons (Fsp3) is 0.519. The summed E-state index contributed by atoms with van der Waals surface area (Å²) in [7, 11) is -1.57. The molecule has 2 fully saturated rings. The summed E-state index contributed by atoms with van der Waals surface area (Å²) < 4.78 is 66.3. The number of nitrogens with zero attached hydrogens (tertiary/aromatic N) is 6. The number of hydrogen-bond acceptors (Lipinski definition) is 6. The lowest BCUT2D eigenvalue weighted by Crippen LogP contribution is -2.52. The molecule has 9 nitrogen and oxygen atoms in total. The van der Waals surface area contributed by atoms with Crippen molar-refractivity contribution in [1.82, 2.24) is 28.6 Å². The first-order valence-electron chi connectivity index (χ1n) is 13.3. The van der Waals surface area contributed by atoms with E-state index < -0.39 is 21.8 Å². The van der Waals surface area contributed by atoms with Crippen molar-refractivity contribution < 1.29 is 26.4 Å². The van der Waals surface area contributed by atoms with Gasteiger partial charge >= 0.3 is 6.18 Å². The van der Waals surface area contributed by atoms with Gasteiger partial charge in [0.2, 0.25) is 10.0 Å². The highest BCUT2D eigenvalue weighted by Crippen LogP contribution is 2.33. The summed E-state index contributed by atoms with van der Waals surface area (Å²) >= 11 is 0. The summed E-state index contributed by atoms with van der Waals surface area (Å²) in [5.74, 6) is 0.258. The highest BCUT2D eigenvalue weighted by molar-refractivity contribution is 7.88. The van der Waals surface area contributed by atoms with E-state index >= 15 is 0 Å². The van der Waals surface area contributed by atoms with Gasteiger partial charge in [-0.1, -0.05) is 0 Å². The van der Waals surface area contributed by atoms with Gasteiger partial charge in [0.15, 0.2) is 0 Å². The van der Waals surface area contributed by atoms with E-state index in [1.807, 2.05) is 0 Å². The van der Waals surface area contributed by atoms with E-state index in [-0.39, 0.29) is 17.6 Å². The minimum atomic E-state index is -4.43. The van der Waals surface area contributed by atoms with Crippen LogP contribution in [0.1, 0.15) is 47.3 Å². The van der Waals surface area contributed by atoms with E-state index in [2.05, 4.69) is 14.9 Å². The second-order valence-electron chi connectivity index (χ2n) is 10.7. The van der Waals surface area contributed by atoms with Crippen molar-refractivity contribution in [3.8, 4) is 5.82 Å². The summed E-state index contributed by atoms with van der Waals surface area (Å²) in [6.45, 7) is 4.57. The van der Waals surface area contributed by atoms with Gasteiger partial charge in [-0.3, -0.25) is 4.79 Å². The van der Waals surface area contributed by atoms with Crippen LogP contribution in [0.3, 0.4) is 0 Å². The minimum Gasteiger partial charge on any atom is -0.337 e. The Kier molecular flexibility index (Phi) is 7.66. The number of piperidine rings is 2. The van der Waals surface area contributed by atoms with Crippen LogP contribution in [-0.4, -0.2) is 94.5 Å². The quantitative estimate of drug-likeness (QED) is 0.459. The largest absolute Gasteiger partial charge is 0.416 e. The lowest BCUT2D eigenvalue weighted by Gasteiger charge is -2.43. The minimum absolute atomic E-state index is 0.0203. The highest BCUT2D eigenvalue weighted by atomic mass is 32.2. The number of fused-ring (bicyclic) bond motifs is 1. The molecule has 216 valence electrons. The molecule has 0 atom stereocenters. The van der Waals surface area contributed by atoms with Gasteiger partial charge in [0.05, 0.1) is 17.3 Å². The Balaban J connectivity index is 1.25. The molecular weight excluding hydrogens is 545 g/mol. The molecule has 2 aliphatic rings. The molecule has 2 aromatic heterocycles. The number of sulfonamides is 1. The third-order valence-corrected chi connectivity index (χ3v) is 9.65.